The Labute approximate surface area is 191 Å². The highest BCUT2D eigenvalue weighted by molar-refractivity contribution is 7.99. The molecule has 0 saturated carbocycles. The molecule has 0 saturated heterocycles. The first-order chi connectivity index (χ1) is 15.6. The zero-order valence-electron chi connectivity index (χ0n) is 18.0. The summed E-state index contributed by atoms with van der Waals surface area (Å²) in [5.41, 5.74) is 4.12. The Kier molecular flexibility index (Phi) is 6.87. The normalized spacial score (nSPS) is 10.7. The van der Waals surface area contributed by atoms with Gasteiger partial charge >= 0.3 is 0 Å². The number of amides is 1. The second kappa shape index (κ2) is 10.2. The summed E-state index contributed by atoms with van der Waals surface area (Å²) in [5, 5.41) is 12.4. The topological polar surface area (TPSA) is 69.0 Å². The first-order valence-corrected chi connectivity index (χ1v) is 11.2. The standard InChI is InChI=1S/C25H24N4O2S/c1-18-8-10-19(11-9-18)16-26-23(30)17-32-25-28-27-24(20-6-4-3-5-7-20)29(25)21-12-14-22(31-2)15-13-21/h3-15H,16-17H2,1-2H3,(H,26,30). The van der Waals surface area contributed by atoms with E-state index in [9.17, 15) is 4.79 Å². The number of methoxy groups -OCH3 is 1. The van der Waals surface area contributed by atoms with Crippen molar-refractivity contribution in [1.29, 1.82) is 0 Å². The van der Waals surface area contributed by atoms with E-state index in [1.165, 1.54) is 17.3 Å². The molecule has 0 aliphatic carbocycles. The molecule has 1 aromatic heterocycles. The fraction of sp³-hybridized carbons (Fsp3) is 0.160. The van der Waals surface area contributed by atoms with Gasteiger partial charge in [-0.2, -0.15) is 0 Å². The number of rotatable bonds is 8. The van der Waals surface area contributed by atoms with Crippen molar-refractivity contribution in [3.8, 4) is 22.8 Å². The maximum atomic E-state index is 12.5. The molecule has 6 nitrogen and oxygen atoms in total. The fourth-order valence-corrected chi connectivity index (χ4v) is 3.97. The Morgan fingerprint density at radius 3 is 2.38 bits per heavy atom. The number of hydrogen-bond donors (Lipinski definition) is 1. The Morgan fingerprint density at radius 2 is 1.69 bits per heavy atom. The number of ether oxygens (including phenoxy) is 1. The smallest absolute Gasteiger partial charge is 0.230 e. The quantitative estimate of drug-likeness (QED) is 0.400. The molecule has 162 valence electrons. The van der Waals surface area contributed by atoms with Gasteiger partial charge in [-0.15, -0.1) is 10.2 Å². The number of thioether (sulfide) groups is 1. The molecule has 0 aliphatic rings. The molecule has 32 heavy (non-hydrogen) atoms. The lowest BCUT2D eigenvalue weighted by Crippen LogP contribution is -2.24. The van der Waals surface area contributed by atoms with Gasteiger partial charge in [0.15, 0.2) is 11.0 Å². The highest BCUT2D eigenvalue weighted by Gasteiger charge is 2.17. The minimum atomic E-state index is -0.0545. The molecule has 1 amide bonds. The number of aromatic nitrogens is 3. The molecule has 0 unspecified atom stereocenters. The van der Waals surface area contributed by atoms with Crippen LogP contribution in [0.4, 0.5) is 0 Å². The lowest BCUT2D eigenvalue weighted by atomic mass is 10.1. The van der Waals surface area contributed by atoms with Crippen molar-refractivity contribution >= 4 is 17.7 Å². The van der Waals surface area contributed by atoms with Gasteiger partial charge in [-0.05, 0) is 36.8 Å². The number of nitrogens with zero attached hydrogens (tertiary/aromatic N) is 3. The monoisotopic (exact) mass is 444 g/mol. The summed E-state index contributed by atoms with van der Waals surface area (Å²) < 4.78 is 7.25. The van der Waals surface area contributed by atoms with Gasteiger partial charge in [-0.1, -0.05) is 71.9 Å². The van der Waals surface area contributed by atoms with Crippen LogP contribution >= 0.6 is 11.8 Å². The Bertz CT molecular complexity index is 1170. The van der Waals surface area contributed by atoms with E-state index in [1.54, 1.807) is 7.11 Å². The molecule has 3 aromatic carbocycles. The summed E-state index contributed by atoms with van der Waals surface area (Å²) in [6.07, 6.45) is 0. The molecule has 4 aromatic rings. The van der Waals surface area contributed by atoms with Crippen LogP contribution in [-0.4, -0.2) is 33.5 Å². The van der Waals surface area contributed by atoms with E-state index in [1.807, 2.05) is 90.4 Å². The summed E-state index contributed by atoms with van der Waals surface area (Å²) in [5.74, 6) is 1.68. The average molecular weight is 445 g/mol. The van der Waals surface area contributed by atoms with Crippen molar-refractivity contribution in [1.82, 2.24) is 20.1 Å². The van der Waals surface area contributed by atoms with Crippen molar-refractivity contribution in [2.45, 2.75) is 18.6 Å². The number of carbonyl (C=O) groups excluding carboxylic acids is 1. The maximum absolute atomic E-state index is 12.5. The molecule has 0 spiro atoms. The van der Waals surface area contributed by atoms with E-state index in [-0.39, 0.29) is 11.7 Å². The van der Waals surface area contributed by atoms with Crippen LogP contribution < -0.4 is 10.1 Å². The van der Waals surface area contributed by atoms with Crippen LogP contribution in [0.1, 0.15) is 11.1 Å². The molecular formula is C25H24N4O2S. The third-order valence-electron chi connectivity index (χ3n) is 4.94. The second-order valence-electron chi connectivity index (χ2n) is 7.26. The van der Waals surface area contributed by atoms with Crippen LogP contribution in [0, 0.1) is 6.92 Å². The molecule has 1 N–H and O–H groups in total. The molecule has 4 rings (SSSR count). The molecule has 0 bridgehead atoms. The van der Waals surface area contributed by atoms with Crippen LogP contribution in [0.2, 0.25) is 0 Å². The predicted octanol–water partition coefficient (Wildman–Crippen LogP) is 4.66. The Balaban J connectivity index is 1.52. The van der Waals surface area contributed by atoms with Gasteiger partial charge in [0.2, 0.25) is 5.91 Å². The van der Waals surface area contributed by atoms with Crippen LogP contribution in [0.5, 0.6) is 5.75 Å². The van der Waals surface area contributed by atoms with Gasteiger partial charge < -0.3 is 10.1 Å². The van der Waals surface area contributed by atoms with E-state index in [0.29, 0.717) is 11.7 Å². The van der Waals surface area contributed by atoms with E-state index < -0.39 is 0 Å². The summed E-state index contributed by atoms with van der Waals surface area (Å²) in [6, 6.07) is 25.7. The highest BCUT2D eigenvalue weighted by Crippen LogP contribution is 2.28. The van der Waals surface area contributed by atoms with E-state index in [0.717, 1.165) is 28.4 Å². The number of carbonyl (C=O) groups is 1. The molecule has 0 atom stereocenters. The molecule has 0 aliphatic heterocycles. The number of nitrogens with one attached hydrogen (secondary N) is 1. The third-order valence-corrected chi connectivity index (χ3v) is 5.87. The number of aryl methyl sites for hydroxylation is 1. The van der Waals surface area contributed by atoms with Gasteiger partial charge in [0.25, 0.3) is 0 Å². The SMILES string of the molecule is COc1ccc(-n2c(SCC(=O)NCc3ccc(C)cc3)nnc2-c2ccccc2)cc1. The minimum Gasteiger partial charge on any atom is -0.497 e. The van der Waals surface area contributed by atoms with Gasteiger partial charge in [0, 0.05) is 17.8 Å². The van der Waals surface area contributed by atoms with Gasteiger partial charge in [-0.3, -0.25) is 9.36 Å². The van der Waals surface area contributed by atoms with Gasteiger partial charge in [0.05, 0.1) is 12.9 Å². The Morgan fingerprint density at radius 1 is 0.969 bits per heavy atom. The van der Waals surface area contributed by atoms with Crippen LogP contribution in [0.15, 0.2) is 84.0 Å². The van der Waals surface area contributed by atoms with Crippen LogP contribution in [0.25, 0.3) is 17.1 Å². The molecule has 1 heterocycles. The highest BCUT2D eigenvalue weighted by atomic mass is 32.2. The number of hydrogen-bond acceptors (Lipinski definition) is 5. The van der Waals surface area contributed by atoms with Crippen molar-refractivity contribution in [3.63, 3.8) is 0 Å². The van der Waals surface area contributed by atoms with Crippen LogP contribution in [0.3, 0.4) is 0 Å². The number of benzene rings is 3. The average Bonchev–Trinajstić information content (AvgIpc) is 3.27. The summed E-state index contributed by atoms with van der Waals surface area (Å²) in [7, 11) is 1.64. The lowest BCUT2D eigenvalue weighted by Gasteiger charge is -2.11. The Hall–Kier alpha value is -3.58. The molecule has 0 radical (unpaired) electrons. The van der Waals surface area contributed by atoms with Gasteiger partial charge in [0.1, 0.15) is 5.75 Å². The first kappa shape index (κ1) is 21.6. The fourth-order valence-electron chi connectivity index (χ4n) is 3.19. The van der Waals surface area contributed by atoms with Crippen LogP contribution in [-0.2, 0) is 11.3 Å². The molecular weight excluding hydrogens is 420 g/mol. The maximum Gasteiger partial charge on any atom is 0.230 e. The minimum absolute atomic E-state index is 0.0545. The summed E-state index contributed by atoms with van der Waals surface area (Å²) >= 11 is 1.36. The molecule has 0 fully saturated rings. The largest absolute Gasteiger partial charge is 0.497 e. The zero-order chi connectivity index (χ0) is 22.3. The summed E-state index contributed by atoms with van der Waals surface area (Å²) in [6.45, 7) is 2.54. The van der Waals surface area contributed by atoms with Crippen molar-refractivity contribution in [2.24, 2.45) is 0 Å². The lowest BCUT2D eigenvalue weighted by molar-refractivity contribution is -0.118. The first-order valence-electron chi connectivity index (χ1n) is 10.2. The van der Waals surface area contributed by atoms with Crippen molar-refractivity contribution in [3.05, 3.63) is 90.0 Å². The van der Waals surface area contributed by atoms with Crippen molar-refractivity contribution < 1.29 is 9.53 Å². The predicted molar refractivity (Wildman–Crippen MR) is 127 cm³/mol. The third kappa shape index (κ3) is 5.18. The van der Waals surface area contributed by atoms with E-state index in [2.05, 4.69) is 15.5 Å². The van der Waals surface area contributed by atoms with E-state index in [4.69, 9.17) is 4.74 Å². The van der Waals surface area contributed by atoms with E-state index >= 15 is 0 Å². The van der Waals surface area contributed by atoms with Gasteiger partial charge in [-0.25, -0.2) is 0 Å². The summed E-state index contributed by atoms with van der Waals surface area (Å²) in [4.78, 5) is 12.5. The second-order valence-corrected chi connectivity index (χ2v) is 8.20. The molecule has 7 heteroatoms. The zero-order valence-corrected chi connectivity index (χ0v) is 18.8. The van der Waals surface area contributed by atoms with Crippen molar-refractivity contribution in [2.75, 3.05) is 12.9 Å².